The van der Waals surface area contributed by atoms with Crippen molar-refractivity contribution in [1.29, 1.82) is 0 Å². The Morgan fingerprint density at radius 2 is 2.10 bits per heavy atom. The lowest BCUT2D eigenvalue weighted by molar-refractivity contribution is -0.695. The van der Waals surface area contributed by atoms with Gasteiger partial charge in [0.2, 0.25) is 5.91 Å². The molecular formula is C13H14N3O3S+. The third-order valence-corrected chi connectivity index (χ3v) is 4.98. The van der Waals surface area contributed by atoms with Crippen molar-refractivity contribution in [2.75, 3.05) is 0 Å². The quantitative estimate of drug-likeness (QED) is 0.582. The lowest BCUT2D eigenvalue weighted by Gasteiger charge is -2.46. The van der Waals surface area contributed by atoms with Crippen LogP contribution < -0.4 is 10.3 Å². The molecule has 1 aromatic rings. The number of β-lactam (4-membered cyclic amide) rings is 1. The van der Waals surface area contributed by atoms with Gasteiger partial charge in [0.15, 0.2) is 18.9 Å². The second-order valence-corrected chi connectivity index (χ2v) is 6.07. The van der Waals surface area contributed by atoms with Gasteiger partial charge in [0.1, 0.15) is 11.4 Å². The Morgan fingerprint density at radius 1 is 1.40 bits per heavy atom. The summed E-state index contributed by atoms with van der Waals surface area (Å²) in [5.41, 5.74) is 6.00. The zero-order chi connectivity index (χ0) is 14.3. The fourth-order valence-electron chi connectivity index (χ4n) is 2.35. The molecule has 3 heterocycles. The highest BCUT2D eigenvalue weighted by Gasteiger charge is 2.50. The zero-order valence-corrected chi connectivity index (χ0v) is 11.4. The number of aliphatic carboxylic acids is 1. The van der Waals surface area contributed by atoms with Gasteiger partial charge in [-0.3, -0.25) is 4.79 Å². The summed E-state index contributed by atoms with van der Waals surface area (Å²) in [6.45, 7) is 0.537. The van der Waals surface area contributed by atoms with Crippen LogP contribution in [0.5, 0.6) is 0 Å². The fourth-order valence-corrected chi connectivity index (χ4v) is 3.84. The third-order valence-electron chi connectivity index (χ3n) is 3.45. The average Bonchev–Trinajstić information content (AvgIpc) is 2.46. The first-order chi connectivity index (χ1) is 9.58. The molecule has 0 aliphatic carbocycles. The van der Waals surface area contributed by atoms with Crippen molar-refractivity contribution in [3.05, 3.63) is 42.4 Å². The molecule has 104 valence electrons. The van der Waals surface area contributed by atoms with Crippen LogP contribution in [-0.2, 0) is 16.1 Å². The van der Waals surface area contributed by atoms with Gasteiger partial charge >= 0.3 is 5.97 Å². The van der Waals surface area contributed by atoms with Crippen LogP contribution >= 0.6 is 11.8 Å². The minimum absolute atomic E-state index is 0.153. The molecule has 1 aromatic heterocycles. The first-order valence-corrected chi connectivity index (χ1v) is 7.14. The molecule has 0 saturated carbocycles. The highest BCUT2D eigenvalue weighted by Crippen LogP contribution is 2.39. The van der Waals surface area contributed by atoms with E-state index in [2.05, 4.69) is 0 Å². The Bertz CT molecular complexity index is 590. The molecule has 3 N–H and O–H groups in total. The van der Waals surface area contributed by atoms with E-state index >= 15 is 0 Å². The number of nitrogens with two attached hydrogens (primary N) is 1. The maximum absolute atomic E-state index is 11.6. The van der Waals surface area contributed by atoms with Crippen molar-refractivity contribution >= 4 is 23.6 Å². The van der Waals surface area contributed by atoms with Gasteiger partial charge in [-0.25, -0.2) is 9.36 Å². The lowest BCUT2D eigenvalue weighted by Crippen LogP contribution is -2.67. The smallest absolute Gasteiger partial charge is 0.334 e. The number of thioether (sulfide) groups is 1. The molecule has 1 unspecified atom stereocenters. The van der Waals surface area contributed by atoms with E-state index in [0.29, 0.717) is 6.54 Å². The second-order valence-electron chi connectivity index (χ2n) is 4.75. The summed E-state index contributed by atoms with van der Waals surface area (Å²) < 4.78 is 1.93. The molecule has 0 radical (unpaired) electrons. The zero-order valence-electron chi connectivity index (χ0n) is 10.5. The molecule has 1 fully saturated rings. The largest absolute Gasteiger partial charge is 0.478 e. The average molecular weight is 292 g/mol. The van der Waals surface area contributed by atoms with Gasteiger partial charge in [0.25, 0.3) is 0 Å². The van der Waals surface area contributed by atoms with Gasteiger partial charge in [0.05, 0.1) is 10.8 Å². The van der Waals surface area contributed by atoms with Crippen molar-refractivity contribution in [2.45, 2.75) is 23.2 Å². The van der Waals surface area contributed by atoms with Crippen LogP contribution in [0.25, 0.3) is 0 Å². The summed E-state index contributed by atoms with van der Waals surface area (Å²) in [6.07, 6.45) is 5.21. The van der Waals surface area contributed by atoms with Gasteiger partial charge < -0.3 is 15.7 Å². The van der Waals surface area contributed by atoms with Crippen molar-refractivity contribution in [1.82, 2.24) is 4.90 Å². The number of hydrogen-bond donors (Lipinski definition) is 2. The Morgan fingerprint density at radius 3 is 2.75 bits per heavy atom. The Kier molecular flexibility index (Phi) is 3.23. The summed E-state index contributed by atoms with van der Waals surface area (Å²) in [7, 11) is 0. The highest BCUT2D eigenvalue weighted by atomic mass is 32.2. The molecule has 6 nitrogen and oxygen atoms in total. The van der Waals surface area contributed by atoms with E-state index in [9.17, 15) is 14.7 Å². The highest BCUT2D eigenvalue weighted by molar-refractivity contribution is 8.00. The van der Waals surface area contributed by atoms with Crippen LogP contribution in [-0.4, -0.2) is 38.5 Å². The number of amides is 1. The fraction of sp³-hybridized carbons (Fsp3) is 0.308. The number of rotatable bonds is 3. The molecule has 0 spiro atoms. The molecule has 3 rings (SSSR count). The van der Waals surface area contributed by atoms with Gasteiger partial charge in [-0.2, -0.15) is 0 Å². The molecule has 1 saturated heterocycles. The maximum atomic E-state index is 11.6. The molecule has 2 aliphatic rings. The summed E-state index contributed by atoms with van der Waals surface area (Å²) in [5.74, 6) is -1.21. The Hall–Kier alpha value is -1.86. The van der Waals surface area contributed by atoms with E-state index in [1.54, 1.807) is 0 Å². The first-order valence-electron chi connectivity index (χ1n) is 6.20. The number of carbonyl (C=O) groups is 2. The van der Waals surface area contributed by atoms with Crippen LogP contribution in [0.2, 0.25) is 0 Å². The SMILES string of the molecule is N[C@@H]1C(=O)N2C=C(C(=O)O)C(C[n+]3ccccc3)S[C@H]12. The van der Waals surface area contributed by atoms with Crippen LogP contribution in [0.1, 0.15) is 0 Å². The molecule has 0 aromatic carbocycles. The van der Waals surface area contributed by atoms with E-state index in [-0.39, 0.29) is 22.1 Å². The number of carboxylic acid groups (broad SMARTS) is 1. The van der Waals surface area contributed by atoms with Crippen LogP contribution in [0.3, 0.4) is 0 Å². The minimum Gasteiger partial charge on any atom is -0.478 e. The number of fused-ring (bicyclic) bond motifs is 1. The van der Waals surface area contributed by atoms with E-state index in [4.69, 9.17) is 5.73 Å². The van der Waals surface area contributed by atoms with Gasteiger partial charge in [-0.15, -0.1) is 11.8 Å². The number of carboxylic acids is 1. The number of hydrogen-bond acceptors (Lipinski definition) is 4. The van der Waals surface area contributed by atoms with Gasteiger partial charge in [-0.05, 0) is 0 Å². The predicted octanol–water partition coefficient (Wildman–Crippen LogP) is -0.446. The molecular weight excluding hydrogens is 278 g/mol. The molecule has 7 heteroatoms. The standard InChI is InChI=1S/C13H13N3O3S/c14-10-11(17)16-6-8(13(18)19)9(20-12(10)16)7-15-4-2-1-3-5-15/h1-6,9-10,12H,7,14H2/p+1/t9?,10-,12-/m1/s1. The van der Waals surface area contributed by atoms with Crippen molar-refractivity contribution < 1.29 is 19.3 Å². The van der Waals surface area contributed by atoms with E-state index in [0.717, 1.165) is 0 Å². The number of pyridine rings is 1. The molecule has 20 heavy (non-hydrogen) atoms. The number of nitrogens with zero attached hydrogens (tertiary/aromatic N) is 2. The van der Waals surface area contributed by atoms with E-state index in [1.165, 1.54) is 22.9 Å². The van der Waals surface area contributed by atoms with Gasteiger partial charge in [0, 0.05) is 18.3 Å². The monoisotopic (exact) mass is 292 g/mol. The number of carbonyl (C=O) groups excluding carboxylic acids is 1. The minimum atomic E-state index is -0.995. The number of aromatic nitrogens is 1. The van der Waals surface area contributed by atoms with E-state index < -0.39 is 12.0 Å². The normalized spacial score (nSPS) is 28.4. The lowest BCUT2D eigenvalue weighted by atomic mass is 10.1. The second kappa shape index (κ2) is 4.92. The van der Waals surface area contributed by atoms with Crippen molar-refractivity contribution in [3.8, 4) is 0 Å². The Labute approximate surface area is 119 Å². The van der Waals surface area contributed by atoms with Crippen molar-refractivity contribution in [3.63, 3.8) is 0 Å². The van der Waals surface area contributed by atoms with Gasteiger partial charge in [-0.1, -0.05) is 6.07 Å². The third kappa shape index (κ3) is 2.08. The van der Waals surface area contributed by atoms with E-state index in [1.807, 2.05) is 35.2 Å². The summed E-state index contributed by atoms with van der Waals surface area (Å²) >= 11 is 1.43. The topological polar surface area (TPSA) is 87.5 Å². The van der Waals surface area contributed by atoms with Crippen LogP contribution in [0.15, 0.2) is 42.4 Å². The van der Waals surface area contributed by atoms with Crippen molar-refractivity contribution in [2.24, 2.45) is 5.73 Å². The van der Waals surface area contributed by atoms with Crippen LogP contribution in [0.4, 0.5) is 0 Å². The molecule has 0 bridgehead atoms. The molecule has 3 atom stereocenters. The Balaban J connectivity index is 1.86. The maximum Gasteiger partial charge on any atom is 0.334 e. The molecule has 2 aliphatic heterocycles. The first kappa shape index (κ1) is 13.1. The predicted molar refractivity (Wildman–Crippen MR) is 72.3 cm³/mol. The van der Waals surface area contributed by atoms with Crippen LogP contribution in [0, 0.1) is 0 Å². The summed E-state index contributed by atoms with van der Waals surface area (Å²) in [5, 5.41) is 8.93. The summed E-state index contributed by atoms with van der Waals surface area (Å²) in [4.78, 5) is 24.4. The molecule has 1 amide bonds. The summed E-state index contributed by atoms with van der Waals surface area (Å²) in [6, 6.07) is 5.15.